The first-order valence-electron chi connectivity index (χ1n) is 5.23. The van der Waals surface area contributed by atoms with Crippen LogP contribution in [-0.2, 0) is 0 Å². The minimum Gasteiger partial charge on any atom is -0.387 e. The first-order chi connectivity index (χ1) is 7.79. The summed E-state index contributed by atoms with van der Waals surface area (Å²) in [5.41, 5.74) is 7.69. The molecule has 0 unspecified atom stereocenters. The van der Waals surface area contributed by atoms with Crippen molar-refractivity contribution >= 4 is 11.7 Å². The predicted molar refractivity (Wildman–Crippen MR) is 65.6 cm³/mol. The Kier molecular flexibility index (Phi) is 3.00. The van der Waals surface area contributed by atoms with E-state index in [9.17, 15) is 0 Å². The van der Waals surface area contributed by atoms with Gasteiger partial charge in [-0.3, -0.25) is 5.10 Å². The predicted octanol–water partition coefficient (Wildman–Crippen LogP) is 2.48. The summed E-state index contributed by atoms with van der Waals surface area (Å²) in [5.74, 6) is 1.21. The molecule has 0 saturated heterocycles. The number of amidine groups is 1. The second kappa shape index (κ2) is 4.61. The summed E-state index contributed by atoms with van der Waals surface area (Å²) in [6.07, 6.45) is 0.730. The molecule has 4 nitrogen and oxygen atoms in total. The third kappa shape index (κ3) is 2.28. The van der Waals surface area contributed by atoms with Crippen molar-refractivity contribution in [3.05, 3.63) is 36.4 Å². The molecule has 82 valence electrons. The van der Waals surface area contributed by atoms with E-state index in [1.807, 2.05) is 43.3 Å². The maximum atomic E-state index is 5.65. The highest BCUT2D eigenvalue weighted by Gasteiger charge is 2.01. The summed E-state index contributed by atoms with van der Waals surface area (Å²) in [4.78, 5) is 4.18. The molecule has 0 spiro atoms. The van der Waals surface area contributed by atoms with E-state index < -0.39 is 0 Å². The van der Waals surface area contributed by atoms with Crippen molar-refractivity contribution in [2.24, 2.45) is 10.7 Å². The second-order valence-electron chi connectivity index (χ2n) is 3.46. The van der Waals surface area contributed by atoms with Crippen LogP contribution in [0.1, 0.15) is 13.3 Å². The SMILES string of the molecule is CCC(N)=Nc1cc(-c2ccccc2)[nH]n1. The lowest BCUT2D eigenvalue weighted by Gasteiger charge is -1.93. The average Bonchev–Trinajstić information content (AvgIpc) is 2.78. The van der Waals surface area contributed by atoms with Crippen molar-refractivity contribution in [2.45, 2.75) is 13.3 Å². The highest BCUT2D eigenvalue weighted by atomic mass is 15.2. The number of rotatable bonds is 3. The fraction of sp³-hybridized carbons (Fsp3) is 0.167. The maximum Gasteiger partial charge on any atom is 0.175 e. The van der Waals surface area contributed by atoms with Crippen molar-refractivity contribution in [2.75, 3.05) is 0 Å². The van der Waals surface area contributed by atoms with Crippen LogP contribution in [0.4, 0.5) is 5.82 Å². The van der Waals surface area contributed by atoms with Gasteiger partial charge in [0.05, 0.1) is 5.69 Å². The van der Waals surface area contributed by atoms with Crippen molar-refractivity contribution in [3.63, 3.8) is 0 Å². The van der Waals surface area contributed by atoms with Crippen LogP contribution in [0.5, 0.6) is 0 Å². The van der Waals surface area contributed by atoms with Crippen LogP contribution in [0.25, 0.3) is 11.3 Å². The van der Waals surface area contributed by atoms with Gasteiger partial charge in [-0.05, 0) is 5.56 Å². The summed E-state index contributed by atoms with van der Waals surface area (Å²) < 4.78 is 0. The van der Waals surface area contributed by atoms with E-state index in [-0.39, 0.29) is 0 Å². The Morgan fingerprint density at radius 2 is 2.12 bits per heavy atom. The Hall–Kier alpha value is -2.10. The topological polar surface area (TPSA) is 67.1 Å². The molecule has 0 aliphatic carbocycles. The normalized spacial score (nSPS) is 11.7. The van der Waals surface area contributed by atoms with Crippen LogP contribution >= 0.6 is 0 Å². The van der Waals surface area contributed by atoms with Crippen LogP contribution in [0.15, 0.2) is 41.4 Å². The van der Waals surface area contributed by atoms with E-state index in [0.29, 0.717) is 11.7 Å². The third-order valence-corrected chi connectivity index (χ3v) is 2.27. The molecule has 4 heteroatoms. The van der Waals surface area contributed by atoms with Gasteiger partial charge in [0.15, 0.2) is 5.82 Å². The molecule has 0 radical (unpaired) electrons. The number of hydrogen-bond acceptors (Lipinski definition) is 2. The van der Waals surface area contributed by atoms with E-state index >= 15 is 0 Å². The monoisotopic (exact) mass is 214 g/mol. The Morgan fingerprint density at radius 3 is 2.81 bits per heavy atom. The van der Waals surface area contributed by atoms with Crippen LogP contribution in [0.3, 0.4) is 0 Å². The number of nitrogens with one attached hydrogen (secondary N) is 1. The summed E-state index contributed by atoms with van der Waals surface area (Å²) in [7, 11) is 0. The molecule has 0 aliphatic rings. The summed E-state index contributed by atoms with van der Waals surface area (Å²) in [6.45, 7) is 1.96. The molecule has 0 amide bonds. The number of aliphatic imine (C=N–C) groups is 1. The van der Waals surface area contributed by atoms with Crippen LogP contribution in [-0.4, -0.2) is 16.0 Å². The molecule has 0 aliphatic heterocycles. The highest BCUT2D eigenvalue weighted by Crippen LogP contribution is 2.20. The molecule has 1 aromatic heterocycles. The lowest BCUT2D eigenvalue weighted by molar-refractivity contribution is 1.08. The average molecular weight is 214 g/mol. The van der Waals surface area contributed by atoms with Gasteiger partial charge < -0.3 is 5.73 Å². The number of benzene rings is 1. The van der Waals surface area contributed by atoms with Gasteiger partial charge in [0.2, 0.25) is 0 Å². The molecular weight excluding hydrogens is 200 g/mol. The van der Waals surface area contributed by atoms with Gasteiger partial charge in [-0.15, -0.1) is 0 Å². The fourth-order valence-electron chi connectivity index (χ4n) is 1.36. The zero-order chi connectivity index (χ0) is 11.4. The molecule has 2 rings (SSSR count). The van der Waals surface area contributed by atoms with Gasteiger partial charge >= 0.3 is 0 Å². The first-order valence-corrected chi connectivity index (χ1v) is 5.23. The molecule has 0 saturated carbocycles. The fourth-order valence-corrected chi connectivity index (χ4v) is 1.36. The quantitative estimate of drug-likeness (QED) is 0.608. The minimum absolute atomic E-state index is 0.589. The number of aromatic amines is 1. The zero-order valence-electron chi connectivity index (χ0n) is 9.14. The first kappa shape index (κ1) is 10.4. The molecular formula is C12H14N4. The number of aromatic nitrogens is 2. The molecule has 1 heterocycles. The van der Waals surface area contributed by atoms with Crippen LogP contribution in [0, 0.1) is 0 Å². The van der Waals surface area contributed by atoms with Gasteiger partial charge in [-0.1, -0.05) is 37.3 Å². The summed E-state index contributed by atoms with van der Waals surface area (Å²) >= 11 is 0. The van der Waals surface area contributed by atoms with Gasteiger partial charge in [0.1, 0.15) is 5.84 Å². The van der Waals surface area contributed by atoms with Crippen molar-refractivity contribution in [3.8, 4) is 11.3 Å². The molecule has 1 aromatic carbocycles. The van der Waals surface area contributed by atoms with E-state index in [4.69, 9.17) is 5.73 Å². The van der Waals surface area contributed by atoms with Gasteiger partial charge in [-0.25, -0.2) is 4.99 Å². The van der Waals surface area contributed by atoms with E-state index in [2.05, 4.69) is 15.2 Å². The Balaban J connectivity index is 2.27. The lowest BCUT2D eigenvalue weighted by atomic mass is 10.2. The van der Waals surface area contributed by atoms with Crippen LogP contribution < -0.4 is 5.73 Å². The largest absolute Gasteiger partial charge is 0.387 e. The smallest absolute Gasteiger partial charge is 0.175 e. The minimum atomic E-state index is 0.589. The number of H-pyrrole nitrogens is 1. The second-order valence-corrected chi connectivity index (χ2v) is 3.46. The maximum absolute atomic E-state index is 5.65. The molecule has 0 bridgehead atoms. The van der Waals surface area contributed by atoms with E-state index in [1.54, 1.807) is 0 Å². The number of hydrogen-bond donors (Lipinski definition) is 2. The van der Waals surface area contributed by atoms with Gasteiger partial charge in [0.25, 0.3) is 0 Å². The summed E-state index contributed by atoms with van der Waals surface area (Å²) in [5, 5.41) is 7.03. The Labute approximate surface area is 94.2 Å². The molecule has 0 fully saturated rings. The Bertz CT molecular complexity index is 485. The lowest BCUT2D eigenvalue weighted by Crippen LogP contribution is -2.08. The number of nitrogens with two attached hydrogens (primary N) is 1. The third-order valence-electron chi connectivity index (χ3n) is 2.27. The number of nitrogens with zero attached hydrogens (tertiary/aromatic N) is 2. The van der Waals surface area contributed by atoms with Gasteiger partial charge in [-0.2, -0.15) is 5.10 Å². The Morgan fingerprint density at radius 1 is 1.38 bits per heavy atom. The van der Waals surface area contributed by atoms with Crippen molar-refractivity contribution < 1.29 is 0 Å². The standard InChI is InChI=1S/C12H14N4/c1-2-11(13)14-12-8-10(15-16-12)9-6-4-3-5-7-9/h3-8H,2H2,1H3,(H3,13,14,15,16). The molecule has 2 aromatic rings. The molecule has 16 heavy (non-hydrogen) atoms. The van der Waals surface area contributed by atoms with E-state index in [1.165, 1.54) is 0 Å². The molecule has 3 N–H and O–H groups in total. The zero-order valence-corrected chi connectivity index (χ0v) is 9.14. The highest BCUT2D eigenvalue weighted by molar-refractivity contribution is 5.82. The van der Waals surface area contributed by atoms with Gasteiger partial charge in [0, 0.05) is 12.5 Å². The van der Waals surface area contributed by atoms with E-state index in [0.717, 1.165) is 17.7 Å². The summed E-state index contributed by atoms with van der Waals surface area (Å²) in [6, 6.07) is 11.9. The molecule has 0 atom stereocenters. The van der Waals surface area contributed by atoms with Crippen LogP contribution in [0.2, 0.25) is 0 Å². The van der Waals surface area contributed by atoms with Crippen molar-refractivity contribution in [1.82, 2.24) is 10.2 Å². The van der Waals surface area contributed by atoms with Crippen molar-refractivity contribution in [1.29, 1.82) is 0 Å².